The number of nitrogens with two attached hydrogens (primary N) is 1. The monoisotopic (exact) mass is 214 g/mol. The second kappa shape index (κ2) is 4.66. The van der Waals surface area contributed by atoms with Crippen LogP contribution in [0.25, 0.3) is 10.9 Å². The van der Waals surface area contributed by atoms with Gasteiger partial charge in [0.15, 0.2) is 0 Å². The lowest BCUT2D eigenvalue weighted by molar-refractivity contribution is 0.366. The Labute approximate surface area is 94.6 Å². The Morgan fingerprint density at radius 2 is 2.19 bits per heavy atom. The Kier molecular flexibility index (Phi) is 3.05. The molecular weight excluding hydrogens is 200 g/mol. The van der Waals surface area contributed by atoms with Crippen molar-refractivity contribution in [3.05, 3.63) is 42.5 Å². The zero-order valence-electron chi connectivity index (χ0n) is 9.18. The molecule has 82 valence electrons. The van der Waals surface area contributed by atoms with Crippen molar-refractivity contribution in [1.29, 1.82) is 0 Å². The zero-order valence-corrected chi connectivity index (χ0v) is 9.18. The third-order valence-electron chi connectivity index (χ3n) is 2.28. The first-order chi connectivity index (χ1) is 7.81. The van der Waals surface area contributed by atoms with E-state index < -0.39 is 0 Å². The molecule has 2 rings (SSSR count). The average Bonchev–Trinajstić information content (AvgIpc) is 2.30. The summed E-state index contributed by atoms with van der Waals surface area (Å²) in [4.78, 5) is 4.28. The van der Waals surface area contributed by atoms with Crippen LogP contribution in [0, 0.1) is 0 Å². The minimum Gasteiger partial charge on any atom is -0.487 e. The number of nitrogen functional groups attached to an aromatic ring is 1. The van der Waals surface area contributed by atoms with Crippen LogP contribution in [0.3, 0.4) is 0 Å². The number of hydrogen-bond donors (Lipinski definition) is 1. The quantitative estimate of drug-likeness (QED) is 0.799. The van der Waals surface area contributed by atoms with E-state index in [0.29, 0.717) is 12.4 Å². The van der Waals surface area contributed by atoms with Crippen molar-refractivity contribution in [3.8, 4) is 5.75 Å². The maximum Gasteiger partial charge on any atom is 0.146 e. The molecule has 0 unspecified atom stereocenters. The molecule has 0 atom stereocenters. The fourth-order valence-electron chi connectivity index (χ4n) is 1.49. The molecule has 1 aromatic carbocycles. The number of anilines is 1. The Balaban J connectivity index is 2.39. The van der Waals surface area contributed by atoms with Crippen molar-refractivity contribution in [3.63, 3.8) is 0 Å². The Morgan fingerprint density at radius 1 is 1.31 bits per heavy atom. The first-order valence-corrected chi connectivity index (χ1v) is 5.20. The molecule has 16 heavy (non-hydrogen) atoms. The SMILES string of the molecule is CC=CCOc1cccc2ccc(N)nc12. The van der Waals surface area contributed by atoms with E-state index in [1.165, 1.54) is 0 Å². The van der Waals surface area contributed by atoms with Gasteiger partial charge in [0.25, 0.3) is 0 Å². The van der Waals surface area contributed by atoms with Gasteiger partial charge in [-0.3, -0.25) is 0 Å². The van der Waals surface area contributed by atoms with Crippen molar-refractivity contribution in [1.82, 2.24) is 4.98 Å². The van der Waals surface area contributed by atoms with Crippen molar-refractivity contribution in [2.75, 3.05) is 12.3 Å². The van der Waals surface area contributed by atoms with Crippen LogP contribution in [0.5, 0.6) is 5.75 Å². The van der Waals surface area contributed by atoms with Gasteiger partial charge in [-0.1, -0.05) is 24.3 Å². The number of para-hydroxylation sites is 1. The summed E-state index contributed by atoms with van der Waals surface area (Å²) in [6, 6.07) is 9.58. The second-order valence-electron chi connectivity index (χ2n) is 3.44. The lowest BCUT2D eigenvalue weighted by Gasteiger charge is -2.06. The molecule has 0 saturated heterocycles. The van der Waals surface area contributed by atoms with Gasteiger partial charge in [-0.05, 0) is 25.1 Å². The summed E-state index contributed by atoms with van der Waals surface area (Å²) in [6.07, 6.45) is 3.90. The number of fused-ring (bicyclic) bond motifs is 1. The van der Waals surface area contributed by atoms with Gasteiger partial charge < -0.3 is 10.5 Å². The Morgan fingerprint density at radius 3 is 3.00 bits per heavy atom. The fraction of sp³-hybridized carbons (Fsp3) is 0.154. The van der Waals surface area contributed by atoms with E-state index in [1.807, 2.05) is 43.3 Å². The topological polar surface area (TPSA) is 48.1 Å². The van der Waals surface area contributed by atoms with E-state index in [2.05, 4.69) is 4.98 Å². The first-order valence-electron chi connectivity index (χ1n) is 5.20. The molecule has 1 aromatic heterocycles. The Bertz CT molecular complexity index is 520. The van der Waals surface area contributed by atoms with E-state index >= 15 is 0 Å². The van der Waals surface area contributed by atoms with Crippen molar-refractivity contribution in [2.45, 2.75) is 6.92 Å². The third-order valence-corrected chi connectivity index (χ3v) is 2.28. The summed E-state index contributed by atoms with van der Waals surface area (Å²) in [6.45, 7) is 2.51. The molecule has 0 aliphatic heterocycles. The van der Waals surface area contributed by atoms with Crippen molar-refractivity contribution >= 4 is 16.7 Å². The van der Waals surface area contributed by atoms with Crippen LogP contribution in [0.4, 0.5) is 5.82 Å². The van der Waals surface area contributed by atoms with Crippen LogP contribution < -0.4 is 10.5 Å². The highest BCUT2D eigenvalue weighted by atomic mass is 16.5. The van der Waals surface area contributed by atoms with Crippen LogP contribution in [-0.2, 0) is 0 Å². The second-order valence-corrected chi connectivity index (χ2v) is 3.44. The summed E-state index contributed by atoms with van der Waals surface area (Å²) < 4.78 is 5.61. The van der Waals surface area contributed by atoms with E-state index in [1.54, 1.807) is 6.07 Å². The molecule has 1 heterocycles. The highest BCUT2D eigenvalue weighted by molar-refractivity contribution is 5.85. The maximum absolute atomic E-state index is 5.67. The lowest BCUT2D eigenvalue weighted by Crippen LogP contribution is -1.96. The van der Waals surface area contributed by atoms with Crippen molar-refractivity contribution in [2.24, 2.45) is 0 Å². The standard InChI is InChI=1S/C13H14N2O/c1-2-3-9-16-11-6-4-5-10-7-8-12(14)15-13(10)11/h2-8H,9H2,1H3,(H2,14,15). The van der Waals surface area contributed by atoms with Crippen LogP contribution in [-0.4, -0.2) is 11.6 Å². The zero-order chi connectivity index (χ0) is 11.4. The highest BCUT2D eigenvalue weighted by Gasteiger charge is 2.02. The number of ether oxygens (including phenoxy) is 1. The summed E-state index contributed by atoms with van der Waals surface area (Å²) >= 11 is 0. The van der Waals surface area contributed by atoms with Gasteiger partial charge in [0, 0.05) is 5.39 Å². The summed E-state index contributed by atoms with van der Waals surface area (Å²) in [5.41, 5.74) is 6.48. The van der Waals surface area contributed by atoms with Gasteiger partial charge >= 0.3 is 0 Å². The van der Waals surface area contributed by atoms with E-state index in [-0.39, 0.29) is 0 Å². The molecule has 3 nitrogen and oxygen atoms in total. The minimum absolute atomic E-state index is 0.509. The largest absolute Gasteiger partial charge is 0.487 e. The first kappa shape index (κ1) is 10.5. The van der Waals surface area contributed by atoms with Crippen LogP contribution in [0.2, 0.25) is 0 Å². The maximum atomic E-state index is 5.67. The molecule has 0 spiro atoms. The molecule has 2 aromatic rings. The number of rotatable bonds is 3. The van der Waals surface area contributed by atoms with Gasteiger partial charge in [-0.25, -0.2) is 4.98 Å². The van der Waals surface area contributed by atoms with Crippen LogP contribution >= 0.6 is 0 Å². The molecule has 0 aliphatic carbocycles. The van der Waals surface area contributed by atoms with Crippen molar-refractivity contribution < 1.29 is 4.74 Å². The van der Waals surface area contributed by atoms with Gasteiger partial charge in [-0.2, -0.15) is 0 Å². The Hall–Kier alpha value is -2.03. The molecule has 0 radical (unpaired) electrons. The van der Waals surface area contributed by atoms with Gasteiger partial charge in [-0.15, -0.1) is 0 Å². The van der Waals surface area contributed by atoms with Crippen LogP contribution in [0.15, 0.2) is 42.5 Å². The molecule has 0 bridgehead atoms. The molecular formula is C13H14N2O. The molecule has 2 N–H and O–H groups in total. The minimum atomic E-state index is 0.509. The third kappa shape index (κ3) is 2.14. The normalized spacial score (nSPS) is 11.1. The molecule has 0 fully saturated rings. The lowest BCUT2D eigenvalue weighted by atomic mass is 10.2. The molecule has 0 saturated carbocycles. The highest BCUT2D eigenvalue weighted by Crippen LogP contribution is 2.24. The van der Waals surface area contributed by atoms with E-state index in [0.717, 1.165) is 16.7 Å². The average molecular weight is 214 g/mol. The predicted molar refractivity (Wildman–Crippen MR) is 66.5 cm³/mol. The summed E-state index contributed by atoms with van der Waals surface area (Å²) in [5.74, 6) is 1.28. The number of nitrogens with zero attached hydrogens (tertiary/aromatic N) is 1. The van der Waals surface area contributed by atoms with Gasteiger partial charge in [0.1, 0.15) is 23.7 Å². The fourth-order valence-corrected chi connectivity index (χ4v) is 1.49. The summed E-state index contributed by atoms with van der Waals surface area (Å²) in [5, 5.41) is 1.03. The van der Waals surface area contributed by atoms with E-state index in [9.17, 15) is 0 Å². The summed E-state index contributed by atoms with van der Waals surface area (Å²) in [7, 11) is 0. The number of hydrogen-bond acceptors (Lipinski definition) is 3. The number of aromatic nitrogens is 1. The van der Waals surface area contributed by atoms with Gasteiger partial charge in [0.05, 0.1) is 0 Å². The molecule has 0 amide bonds. The number of benzene rings is 1. The number of allylic oxidation sites excluding steroid dienone is 1. The molecule has 0 aliphatic rings. The van der Waals surface area contributed by atoms with E-state index in [4.69, 9.17) is 10.5 Å². The van der Waals surface area contributed by atoms with Gasteiger partial charge in [0.2, 0.25) is 0 Å². The number of pyridine rings is 1. The smallest absolute Gasteiger partial charge is 0.146 e. The van der Waals surface area contributed by atoms with Crippen LogP contribution in [0.1, 0.15) is 6.92 Å². The molecule has 3 heteroatoms. The predicted octanol–water partition coefficient (Wildman–Crippen LogP) is 2.77.